The normalized spacial score (nSPS) is 11.0. The molecule has 0 fully saturated rings. The Morgan fingerprint density at radius 1 is 1.62 bits per heavy atom. The van der Waals surface area contributed by atoms with E-state index in [0.717, 1.165) is 4.70 Å². The third kappa shape index (κ3) is 2.05. The van der Waals surface area contributed by atoms with Gasteiger partial charge in [-0.3, -0.25) is 0 Å². The standard InChI is InChI=1S/C10H9BrFNO2S/c1-5-8(12)6(15-3-2-14)4-7-9(5)13-10(11)16-7/h4,14H,2-3H2,1H3. The number of benzene rings is 1. The number of aliphatic hydroxyl groups excluding tert-OH is 1. The van der Waals surface area contributed by atoms with E-state index in [9.17, 15) is 4.39 Å². The number of rotatable bonds is 3. The van der Waals surface area contributed by atoms with Gasteiger partial charge in [0.05, 0.1) is 16.8 Å². The summed E-state index contributed by atoms with van der Waals surface area (Å²) in [5.74, 6) is -0.256. The highest BCUT2D eigenvalue weighted by Crippen LogP contribution is 2.34. The third-order valence-electron chi connectivity index (χ3n) is 2.14. The third-order valence-corrected chi connectivity index (χ3v) is 3.59. The first-order valence-electron chi connectivity index (χ1n) is 4.62. The maximum Gasteiger partial charge on any atom is 0.170 e. The van der Waals surface area contributed by atoms with Crippen molar-refractivity contribution in [3.63, 3.8) is 0 Å². The summed E-state index contributed by atoms with van der Waals surface area (Å²) in [6.07, 6.45) is 0. The Balaban J connectivity index is 2.54. The lowest BCUT2D eigenvalue weighted by Gasteiger charge is -2.07. The predicted molar refractivity (Wildman–Crippen MR) is 64.6 cm³/mol. The highest BCUT2D eigenvalue weighted by molar-refractivity contribution is 9.11. The van der Waals surface area contributed by atoms with E-state index in [-0.39, 0.29) is 19.0 Å². The minimum atomic E-state index is -0.418. The van der Waals surface area contributed by atoms with Crippen molar-refractivity contribution >= 4 is 37.5 Å². The van der Waals surface area contributed by atoms with Crippen LogP contribution in [0.3, 0.4) is 0 Å². The number of thiazole rings is 1. The summed E-state index contributed by atoms with van der Waals surface area (Å²) in [7, 11) is 0. The molecule has 0 amide bonds. The molecule has 0 saturated carbocycles. The smallest absolute Gasteiger partial charge is 0.170 e. The summed E-state index contributed by atoms with van der Waals surface area (Å²) in [5, 5.41) is 8.64. The largest absolute Gasteiger partial charge is 0.488 e. The minimum Gasteiger partial charge on any atom is -0.488 e. The molecule has 0 bridgehead atoms. The van der Waals surface area contributed by atoms with E-state index in [2.05, 4.69) is 20.9 Å². The zero-order valence-electron chi connectivity index (χ0n) is 8.46. The van der Waals surface area contributed by atoms with E-state index < -0.39 is 5.82 Å². The molecule has 3 nitrogen and oxygen atoms in total. The highest BCUT2D eigenvalue weighted by atomic mass is 79.9. The van der Waals surface area contributed by atoms with E-state index >= 15 is 0 Å². The van der Waals surface area contributed by atoms with Crippen molar-refractivity contribution in [2.24, 2.45) is 0 Å². The van der Waals surface area contributed by atoms with Crippen molar-refractivity contribution in [2.75, 3.05) is 13.2 Å². The van der Waals surface area contributed by atoms with Gasteiger partial charge in [0.25, 0.3) is 0 Å². The van der Waals surface area contributed by atoms with Crippen LogP contribution in [0.4, 0.5) is 4.39 Å². The predicted octanol–water partition coefficient (Wildman–Crippen LogP) is 2.88. The second-order valence-electron chi connectivity index (χ2n) is 3.20. The minimum absolute atomic E-state index is 0.0852. The molecule has 1 aromatic carbocycles. The summed E-state index contributed by atoms with van der Waals surface area (Å²) >= 11 is 4.68. The molecule has 0 atom stereocenters. The first-order chi connectivity index (χ1) is 7.63. The van der Waals surface area contributed by atoms with Gasteiger partial charge in [-0.2, -0.15) is 0 Å². The Hall–Kier alpha value is -0.720. The van der Waals surface area contributed by atoms with Crippen molar-refractivity contribution in [2.45, 2.75) is 6.92 Å². The molecule has 0 unspecified atom stereocenters. The first-order valence-corrected chi connectivity index (χ1v) is 6.23. The average Bonchev–Trinajstić information content (AvgIpc) is 2.62. The molecule has 6 heteroatoms. The molecule has 1 N–H and O–H groups in total. The molecule has 2 aromatic rings. The molecule has 1 aromatic heterocycles. The molecule has 0 spiro atoms. The van der Waals surface area contributed by atoms with Crippen LogP contribution in [0.1, 0.15) is 5.56 Å². The quantitative estimate of drug-likeness (QED) is 0.948. The molecule has 0 aliphatic carbocycles. The molecule has 0 aliphatic heterocycles. The van der Waals surface area contributed by atoms with Gasteiger partial charge >= 0.3 is 0 Å². The van der Waals surface area contributed by atoms with Crippen LogP contribution in [0.25, 0.3) is 10.2 Å². The zero-order chi connectivity index (χ0) is 11.7. The SMILES string of the molecule is Cc1c(F)c(OCCO)cc2sc(Br)nc12. The van der Waals surface area contributed by atoms with Gasteiger partial charge in [-0.05, 0) is 22.9 Å². The molecular weight excluding hydrogens is 297 g/mol. The van der Waals surface area contributed by atoms with Crippen LogP contribution in [0, 0.1) is 12.7 Å². The van der Waals surface area contributed by atoms with Gasteiger partial charge in [-0.15, -0.1) is 11.3 Å². The van der Waals surface area contributed by atoms with Gasteiger partial charge in [0.1, 0.15) is 6.61 Å². The molecular formula is C10H9BrFNO2S. The fourth-order valence-electron chi connectivity index (χ4n) is 1.40. The fraction of sp³-hybridized carbons (Fsp3) is 0.300. The molecule has 16 heavy (non-hydrogen) atoms. The number of aliphatic hydroxyl groups is 1. The van der Waals surface area contributed by atoms with Crippen LogP contribution in [0.5, 0.6) is 5.75 Å². The van der Waals surface area contributed by atoms with Gasteiger partial charge in [-0.25, -0.2) is 9.37 Å². The second-order valence-corrected chi connectivity index (χ2v) is 5.51. The van der Waals surface area contributed by atoms with Crippen molar-refractivity contribution in [1.29, 1.82) is 0 Å². The average molecular weight is 306 g/mol. The van der Waals surface area contributed by atoms with E-state index in [0.29, 0.717) is 15.0 Å². The molecule has 1 heterocycles. The van der Waals surface area contributed by atoms with Crippen LogP contribution >= 0.6 is 27.3 Å². The maximum atomic E-state index is 13.8. The summed E-state index contributed by atoms with van der Waals surface area (Å²) in [5.41, 5.74) is 1.11. The van der Waals surface area contributed by atoms with Crippen LogP contribution in [0.2, 0.25) is 0 Å². The maximum absolute atomic E-state index is 13.8. The number of ether oxygens (including phenoxy) is 1. The summed E-state index contributed by atoms with van der Waals surface area (Å²) < 4.78 is 20.5. The summed E-state index contributed by atoms with van der Waals surface area (Å²) in [6.45, 7) is 1.61. The Morgan fingerprint density at radius 2 is 2.38 bits per heavy atom. The number of halogens is 2. The lowest BCUT2D eigenvalue weighted by molar-refractivity contribution is 0.196. The fourth-order valence-corrected chi connectivity index (χ4v) is 2.88. The number of aryl methyl sites for hydroxylation is 1. The monoisotopic (exact) mass is 305 g/mol. The molecule has 0 saturated heterocycles. The van der Waals surface area contributed by atoms with Gasteiger partial charge in [-0.1, -0.05) is 0 Å². The molecule has 0 radical (unpaired) electrons. The highest BCUT2D eigenvalue weighted by Gasteiger charge is 2.14. The van der Waals surface area contributed by atoms with Crippen molar-refractivity contribution < 1.29 is 14.2 Å². The van der Waals surface area contributed by atoms with E-state index in [1.54, 1.807) is 13.0 Å². The Kier molecular flexibility index (Phi) is 3.41. The van der Waals surface area contributed by atoms with Crippen LogP contribution < -0.4 is 4.74 Å². The topological polar surface area (TPSA) is 42.4 Å². The summed E-state index contributed by atoms with van der Waals surface area (Å²) in [4.78, 5) is 4.19. The second kappa shape index (κ2) is 4.65. The van der Waals surface area contributed by atoms with Crippen molar-refractivity contribution in [3.05, 3.63) is 21.4 Å². The number of fused-ring (bicyclic) bond motifs is 1. The number of hydrogen-bond donors (Lipinski definition) is 1. The van der Waals surface area contributed by atoms with Crippen LogP contribution in [-0.2, 0) is 0 Å². The Labute approximate surface area is 104 Å². The van der Waals surface area contributed by atoms with Crippen LogP contribution in [-0.4, -0.2) is 23.3 Å². The number of aromatic nitrogens is 1. The van der Waals surface area contributed by atoms with Crippen LogP contribution in [0.15, 0.2) is 9.98 Å². The molecule has 2 rings (SSSR count). The molecule has 0 aliphatic rings. The Bertz CT molecular complexity index is 529. The van der Waals surface area contributed by atoms with E-state index in [1.165, 1.54) is 11.3 Å². The Morgan fingerprint density at radius 3 is 3.06 bits per heavy atom. The van der Waals surface area contributed by atoms with Crippen molar-refractivity contribution in [1.82, 2.24) is 4.98 Å². The zero-order valence-corrected chi connectivity index (χ0v) is 10.9. The van der Waals surface area contributed by atoms with E-state index in [4.69, 9.17) is 9.84 Å². The first kappa shape index (κ1) is 11.8. The summed E-state index contributed by atoms with van der Waals surface area (Å²) in [6, 6.07) is 1.61. The number of nitrogens with zero attached hydrogens (tertiary/aromatic N) is 1. The van der Waals surface area contributed by atoms with Gasteiger partial charge < -0.3 is 9.84 Å². The van der Waals surface area contributed by atoms with Gasteiger partial charge in [0, 0.05) is 11.6 Å². The lowest BCUT2D eigenvalue weighted by Crippen LogP contribution is -2.03. The lowest BCUT2D eigenvalue weighted by atomic mass is 10.2. The molecule has 86 valence electrons. The van der Waals surface area contributed by atoms with Crippen molar-refractivity contribution in [3.8, 4) is 5.75 Å². The number of hydrogen-bond acceptors (Lipinski definition) is 4. The van der Waals surface area contributed by atoms with Gasteiger partial charge in [0.2, 0.25) is 0 Å². The van der Waals surface area contributed by atoms with Gasteiger partial charge in [0.15, 0.2) is 15.5 Å². The van der Waals surface area contributed by atoms with E-state index in [1.807, 2.05) is 0 Å².